The first-order valence-electron chi connectivity index (χ1n) is 6.11. The highest BCUT2D eigenvalue weighted by Crippen LogP contribution is 2.23. The largest absolute Gasteiger partial charge is 0.443 e. The van der Waals surface area contributed by atoms with E-state index in [1.54, 1.807) is 18.2 Å². The molecule has 3 rings (SSSR count). The lowest BCUT2D eigenvalue weighted by molar-refractivity contribution is 0.102. The molecule has 1 N–H and O–H groups in total. The number of nitrogens with one attached hydrogen (secondary N) is 1. The molecule has 0 aliphatic heterocycles. The van der Waals surface area contributed by atoms with Crippen LogP contribution >= 0.6 is 11.3 Å². The molecule has 2 aromatic heterocycles. The minimum absolute atomic E-state index is 0.235. The standard InChI is InChI=1S/C13H12N4O2S/c1-7(2)12-16-17-13(20-12)15-11(18)8-3-4-10-9(5-8)14-6-19-10/h3-7H,1-2H3,(H,15,17,18). The fraction of sp³-hybridized carbons (Fsp3) is 0.231. The molecule has 0 aliphatic carbocycles. The van der Waals surface area contributed by atoms with Crippen LogP contribution in [0.2, 0.25) is 0 Å². The highest BCUT2D eigenvalue weighted by Gasteiger charge is 2.13. The molecule has 0 radical (unpaired) electrons. The van der Waals surface area contributed by atoms with Gasteiger partial charge in [0.25, 0.3) is 5.91 Å². The quantitative estimate of drug-likeness (QED) is 0.801. The second kappa shape index (κ2) is 5.01. The smallest absolute Gasteiger partial charge is 0.257 e. The molecule has 0 spiro atoms. The van der Waals surface area contributed by atoms with Gasteiger partial charge < -0.3 is 4.42 Å². The summed E-state index contributed by atoms with van der Waals surface area (Å²) in [5.41, 5.74) is 1.81. The van der Waals surface area contributed by atoms with Crippen LogP contribution in [-0.2, 0) is 0 Å². The summed E-state index contributed by atoms with van der Waals surface area (Å²) < 4.78 is 5.14. The van der Waals surface area contributed by atoms with Gasteiger partial charge in [0, 0.05) is 11.5 Å². The van der Waals surface area contributed by atoms with Crippen LogP contribution in [0.5, 0.6) is 0 Å². The normalized spacial score (nSPS) is 11.2. The van der Waals surface area contributed by atoms with E-state index in [0.29, 0.717) is 27.7 Å². The molecule has 0 unspecified atom stereocenters. The minimum Gasteiger partial charge on any atom is -0.443 e. The summed E-state index contributed by atoms with van der Waals surface area (Å²) >= 11 is 1.38. The fourth-order valence-corrected chi connectivity index (χ4v) is 2.43. The number of anilines is 1. The van der Waals surface area contributed by atoms with Crippen LogP contribution in [-0.4, -0.2) is 21.1 Å². The van der Waals surface area contributed by atoms with Gasteiger partial charge in [-0.1, -0.05) is 25.2 Å². The Balaban J connectivity index is 1.80. The average Bonchev–Trinajstić information content (AvgIpc) is 3.05. The van der Waals surface area contributed by atoms with Crippen LogP contribution in [0.1, 0.15) is 35.1 Å². The summed E-state index contributed by atoms with van der Waals surface area (Å²) in [6.07, 6.45) is 1.35. The number of oxazole rings is 1. The summed E-state index contributed by atoms with van der Waals surface area (Å²) in [6.45, 7) is 4.06. The highest BCUT2D eigenvalue weighted by atomic mass is 32.1. The number of hydrogen-bond acceptors (Lipinski definition) is 6. The van der Waals surface area contributed by atoms with Gasteiger partial charge in [0.15, 0.2) is 12.0 Å². The number of fused-ring (bicyclic) bond motifs is 1. The molecule has 0 atom stereocenters. The summed E-state index contributed by atoms with van der Waals surface area (Å²) in [5, 5.41) is 12.1. The number of aromatic nitrogens is 3. The first-order chi connectivity index (χ1) is 9.63. The number of nitrogens with zero attached hydrogens (tertiary/aromatic N) is 3. The Bertz CT molecular complexity index is 762. The molecule has 0 saturated heterocycles. The second-order valence-electron chi connectivity index (χ2n) is 4.59. The number of benzene rings is 1. The van der Waals surface area contributed by atoms with E-state index in [1.807, 2.05) is 13.8 Å². The molecular formula is C13H12N4O2S. The van der Waals surface area contributed by atoms with Crippen LogP contribution in [0.15, 0.2) is 29.0 Å². The summed E-state index contributed by atoms with van der Waals surface area (Å²) in [7, 11) is 0. The lowest BCUT2D eigenvalue weighted by Gasteiger charge is -2.00. The van der Waals surface area contributed by atoms with Crippen LogP contribution in [0.3, 0.4) is 0 Å². The Morgan fingerprint density at radius 3 is 2.95 bits per heavy atom. The van der Waals surface area contributed by atoms with Crippen molar-refractivity contribution in [1.82, 2.24) is 15.2 Å². The van der Waals surface area contributed by atoms with Crippen molar-refractivity contribution >= 4 is 33.5 Å². The summed E-state index contributed by atoms with van der Waals surface area (Å²) in [4.78, 5) is 16.2. The molecule has 1 aromatic carbocycles. The molecule has 0 saturated carbocycles. The van der Waals surface area contributed by atoms with Crippen molar-refractivity contribution in [3.63, 3.8) is 0 Å². The van der Waals surface area contributed by atoms with Gasteiger partial charge in [-0.25, -0.2) is 4.98 Å². The fourth-order valence-electron chi connectivity index (χ4n) is 1.69. The van der Waals surface area contributed by atoms with Crippen molar-refractivity contribution in [3.05, 3.63) is 35.2 Å². The Hall–Kier alpha value is -2.28. The number of carbonyl (C=O) groups is 1. The lowest BCUT2D eigenvalue weighted by Crippen LogP contribution is -2.11. The van der Waals surface area contributed by atoms with E-state index in [-0.39, 0.29) is 5.91 Å². The van der Waals surface area contributed by atoms with Gasteiger partial charge >= 0.3 is 0 Å². The Labute approximate surface area is 118 Å². The molecule has 3 aromatic rings. The third-order valence-electron chi connectivity index (χ3n) is 2.75. The monoisotopic (exact) mass is 288 g/mol. The van der Waals surface area contributed by atoms with E-state index < -0.39 is 0 Å². The first kappa shape index (κ1) is 12.7. The number of rotatable bonds is 3. The van der Waals surface area contributed by atoms with Gasteiger partial charge in [0.1, 0.15) is 10.5 Å². The van der Waals surface area contributed by atoms with E-state index in [0.717, 1.165) is 5.01 Å². The Morgan fingerprint density at radius 1 is 1.35 bits per heavy atom. The molecule has 0 aliphatic rings. The molecule has 1 amide bonds. The van der Waals surface area contributed by atoms with Crippen molar-refractivity contribution in [1.29, 1.82) is 0 Å². The number of carbonyl (C=O) groups excluding carboxylic acids is 1. The maximum absolute atomic E-state index is 12.1. The molecule has 102 valence electrons. The third-order valence-corrected chi connectivity index (χ3v) is 3.89. The van der Waals surface area contributed by atoms with Crippen LogP contribution < -0.4 is 5.32 Å². The van der Waals surface area contributed by atoms with Crippen molar-refractivity contribution in [2.45, 2.75) is 19.8 Å². The zero-order valence-corrected chi connectivity index (χ0v) is 11.8. The molecular weight excluding hydrogens is 276 g/mol. The molecule has 0 fully saturated rings. The molecule has 20 heavy (non-hydrogen) atoms. The van der Waals surface area contributed by atoms with Crippen LogP contribution in [0, 0.1) is 0 Å². The van der Waals surface area contributed by atoms with Crippen LogP contribution in [0.4, 0.5) is 5.13 Å². The van der Waals surface area contributed by atoms with E-state index in [9.17, 15) is 4.79 Å². The average molecular weight is 288 g/mol. The maximum atomic E-state index is 12.1. The first-order valence-corrected chi connectivity index (χ1v) is 6.93. The summed E-state index contributed by atoms with van der Waals surface area (Å²) in [6, 6.07) is 5.09. The minimum atomic E-state index is -0.235. The predicted octanol–water partition coefficient (Wildman–Crippen LogP) is 3.06. The number of amides is 1. The van der Waals surface area contributed by atoms with Gasteiger partial charge in [0.2, 0.25) is 5.13 Å². The highest BCUT2D eigenvalue weighted by molar-refractivity contribution is 7.15. The molecule has 2 heterocycles. The SMILES string of the molecule is CC(C)c1nnc(NC(=O)c2ccc3ocnc3c2)s1. The maximum Gasteiger partial charge on any atom is 0.257 e. The van der Waals surface area contributed by atoms with Crippen molar-refractivity contribution in [2.75, 3.05) is 5.32 Å². The zero-order valence-electron chi connectivity index (χ0n) is 11.0. The molecule has 6 nitrogen and oxygen atoms in total. The van der Waals surface area contributed by atoms with E-state index in [2.05, 4.69) is 20.5 Å². The van der Waals surface area contributed by atoms with Gasteiger partial charge in [0.05, 0.1) is 0 Å². The molecule has 7 heteroatoms. The van der Waals surface area contributed by atoms with Gasteiger partial charge in [-0.05, 0) is 18.2 Å². The van der Waals surface area contributed by atoms with Crippen molar-refractivity contribution in [2.24, 2.45) is 0 Å². The zero-order chi connectivity index (χ0) is 14.1. The van der Waals surface area contributed by atoms with E-state index in [4.69, 9.17) is 4.42 Å². The number of hydrogen-bond donors (Lipinski definition) is 1. The van der Waals surface area contributed by atoms with Crippen LogP contribution in [0.25, 0.3) is 11.1 Å². The third kappa shape index (κ3) is 2.39. The molecule has 0 bridgehead atoms. The van der Waals surface area contributed by atoms with E-state index in [1.165, 1.54) is 17.7 Å². The second-order valence-corrected chi connectivity index (χ2v) is 5.60. The summed E-state index contributed by atoms with van der Waals surface area (Å²) in [5.74, 6) is 0.0611. The predicted molar refractivity (Wildman–Crippen MR) is 76.0 cm³/mol. The van der Waals surface area contributed by atoms with Crippen molar-refractivity contribution < 1.29 is 9.21 Å². The van der Waals surface area contributed by atoms with Gasteiger partial charge in [-0.15, -0.1) is 10.2 Å². The Kier molecular flexibility index (Phi) is 3.19. The van der Waals surface area contributed by atoms with Gasteiger partial charge in [-0.3, -0.25) is 10.1 Å². The van der Waals surface area contributed by atoms with E-state index >= 15 is 0 Å². The topological polar surface area (TPSA) is 80.9 Å². The lowest BCUT2D eigenvalue weighted by atomic mass is 10.2. The van der Waals surface area contributed by atoms with Gasteiger partial charge in [-0.2, -0.15) is 0 Å². The van der Waals surface area contributed by atoms with Crippen molar-refractivity contribution in [3.8, 4) is 0 Å². The Morgan fingerprint density at radius 2 is 2.20 bits per heavy atom.